The number of benzene rings is 1. The summed E-state index contributed by atoms with van der Waals surface area (Å²) in [5, 5.41) is 2.85. The molecule has 1 aromatic heterocycles. The van der Waals surface area contributed by atoms with Gasteiger partial charge in [0.1, 0.15) is 17.8 Å². The third-order valence-electron chi connectivity index (χ3n) is 2.63. The second kappa shape index (κ2) is 5.44. The molecule has 0 saturated carbocycles. The van der Waals surface area contributed by atoms with Crippen molar-refractivity contribution in [2.45, 2.75) is 6.42 Å². The van der Waals surface area contributed by atoms with Crippen molar-refractivity contribution in [2.75, 3.05) is 26.6 Å². The highest BCUT2D eigenvalue weighted by Gasteiger charge is 2.09. The van der Waals surface area contributed by atoms with Crippen LogP contribution in [0.3, 0.4) is 0 Å². The molecule has 5 heteroatoms. The number of methoxy groups -OCH3 is 2. The van der Waals surface area contributed by atoms with Gasteiger partial charge in [-0.3, -0.25) is 0 Å². The lowest BCUT2D eigenvalue weighted by Crippen LogP contribution is -1.96. The van der Waals surface area contributed by atoms with Crippen LogP contribution >= 0.6 is 0 Å². The smallest absolute Gasteiger partial charge is 0.294 e. The first-order chi connectivity index (χ1) is 8.76. The lowest BCUT2D eigenvalue weighted by molar-refractivity contribution is 0.391. The Morgan fingerprint density at radius 1 is 1.28 bits per heavy atom. The van der Waals surface area contributed by atoms with Crippen LogP contribution in [-0.2, 0) is 6.42 Å². The van der Waals surface area contributed by atoms with Crippen LogP contribution in [0.25, 0.3) is 0 Å². The Bertz CT molecular complexity index is 523. The van der Waals surface area contributed by atoms with E-state index in [1.807, 2.05) is 18.2 Å². The summed E-state index contributed by atoms with van der Waals surface area (Å²) in [6.45, 7) is 0. The van der Waals surface area contributed by atoms with E-state index in [1.165, 1.54) is 0 Å². The maximum Gasteiger partial charge on any atom is 0.294 e. The quantitative estimate of drug-likeness (QED) is 0.880. The fourth-order valence-corrected chi connectivity index (χ4v) is 1.70. The molecule has 0 aliphatic heterocycles. The fraction of sp³-hybridized carbons (Fsp3) is 0.308. The lowest BCUT2D eigenvalue weighted by Gasteiger charge is -2.08. The zero-order valence-electron chi connectivity index (χ0n) is 10.7. The number of oxazole rings is 1. The standard InChI is InChI=1S/C13H16N2O3/c1-14-13-15-10(8-18-13)6-9-4-5-11(16-2)7-12(9)17-3/h4-5,7-8H,6H2,1-3H3,(H,14,15). The van der Waals surface area contributed by atoms with E-state index in [9.17, 15) is 0 Å². The van der Waals surface area contributed by atoms with E-state index in [0.717, 1.165) is 22.8 Å². The topological polar surface area (TPSA) is 56.5 Å². The predicted molar refractivity (Wildman–Crippen MR) is 68.4 cm³/mol. The van der Waals surface area contributed by atoms with Gasteiger partial charge in [-0.25, -0.2) is 0 Å². The minimum Gasteiger partial charge on any atom is -0.497 e. The van der Waals surface area contributed by atoms with Crippen molar-refractivity contribution in [2.24, 2.45) is 0 Å². The van der Waals surface area contributed by atoms with E-state index in [0.29, 0.717) is 12.4 Å². The summed E-state index contributed by atoms with van der Waals surface area (Å²) in [5.74, 6) is 1.55. The summed E-state index contributed by atoms with van der Waals surface area (Å²) in [6, 6.07) is 6.23. The third kappa shape index (κ3) is 2.56. The molecule has 0 saturated heterocycles. The number of anilines is 1. The second-order valence-corrected chi connectivity index (χ2v) is 3.75. The molecule has 0 radical (unpaired) electrons. The second-order valence-electron chi connectivity index (χ2n) is 3.75. The zero-order valence-corrected chi connectivity index (χ0v) is 10.7. The number of nitrogens with zero attached hydrogens (tertiary/aromatic N) is 1. The van der Waals surface area contributed by atoms with E-state index in [4.69, 9.17) is 13.9 Å². The monoisotopic (exact) mass is 248 g/mol. The number of hydrogen-bond donors (Lipinski definition) is 1. The normalized spacial score (nSPS) is 10.2. The van der Waals surface area contributed by atoms with Crippen molar-refractivity contribution in [3.63, 3.8) is 0 Å². The Morgan fingerprint density at radius 3 is 2.72 bits per heavy atom. The summed E-state index contributed by atoms with van der Waals surface area (Å²) >= 11 is 0. The SMILES string of the molecule is CNc1nc(Cc2ccc(OC)cc2OC)co1. The van der Waals surface area contributed by atoms with E-state index in [1.54, 1.807) is 27.5 Å². The summed E-state index contributed by atoms with van der Waals surface area (Å²) in [5.41, 5.74) is 1.89. The van der Waals surface area contributed by atoms with Crippen LogP contribution in [0, 0.1) is 0 Å². The number of rotatable bonds is 5. The van der Waals surface area contributed by atoms with Gasteiger partial charge < -0.3 is 19.2 Å². The Labute approximate surface area is 106 Å². The van der Waals surface area contributed by atoms with Crippen LogP contribution in [0.4, 0.5) is 6.01 Å². The fourth-order valence-electron chi connectivity index (χ4n) is 1.70. The van der Waals surface area contributed by atoms with Crippen LogP contribution in [-0.4, -0.2) is 26.3 Å². The summed E-state index contributed by atoms with van der Waals surface area (Å²) in [4.78, 5) is 4.28. The molecule has 0 fully saturated rings. The molecule has 0 unspecified atom stereocenters. The first-order valence-corrected chi connectivity index (χ1v) is 5.60. The maximum atomic E-state index is 5.34. The maximum absolute atomic E-state index is 5.34. The molecule has 2 rings (SSSR count). The molecular formula is C13H16N2O3. The molecular weight excluding hydrogens is 232 g/mol. The number of hydrogen-bond acceptors (Lipinski definition) is 5. The van der Waals surface area contributed by atoms with Crippen molar-refractivity contribution >= 4 is 6.01 Å². The summed E-state index contributed by atoms with van der Waals surface area (Å²) < 4.78 is 15.7. The molecule has 1 aromatic carbocycles. The number of aromatic nitrogens is 1. The highest BCUT2D eigenvalue weighted by Crippen LogP contribution is 2.26. The van der Waals surface area contributed by atoms with Gasteiger partial charge in [0.2, 0.25) is 0 Å². The van der Waals surface area contributed by atoms with Crippen LogP contribution in [0.2, 0.25) is 0 Å². The van der Waals surface area contributed by atoms with Gasteiger partial charge in [-0.05, 0) is 6.07 Å². The minimum absolute atomic E-state index is 0.512. The molecule has 1 N–H and O–H groups in total. The first-order valence-electron chi connectivity index (χ1n) is 5.60. The van der Waals surface area contributed by atoms with Gasteiger partial charge in [0.25, 0.3) is 6.01 Å². The first kappa shape index (κ1) is 12.3. The van der Waals surface area contributed by atoms with Crippen molar-refractivity contribution in [3.05, 3.63) is 35.7 Å². The molecule has 0 atom stereocenters. The molecule has 1 heterocycles. The van der Waals surface area contributed by atoms with Gasteiger partial charge in [-0.1, -0.05) is 6.07 Å². The average Bonchev–Trinajstić information content (AvgIpc) is 2.87. The molecule has 5 nitrogen and oxygen atoms in total. The largest absolute Gasteiger partial charge is 0.497 e. The van der Waals surface area contributed by atoms with Gasteiger partial charge in [-0.15, -0.1) is 0 Å². The lowest BCUT2D eigenvalue weighted by atomic mass is 10.1. The van der Waals surface area contributed by atoms with Gasteiger partial charge >= 0.3 is 0 Å². The van der Waals surface area contributed by atoms with Crippen LogP contribution in [0.1, 0.15) is 11.3 Å². The summed E-state index contributed by atoms with van der Waals surface area (Å²) in [7, 11) is 5.04. The molecule has 0 spiro atoms. The van der Waals surface area contributed by atoms with Crippen molar-refractivity contribution in [3.8, 4) is 11.5 Å². The Kier molecular flexibility index (Phi) is 3.72. The van der Waals surface area contributed by atoms with Crippen LogP contribution in [0.5, 0.6) is 11.5 Å². The van der Waals surface area contributed by atoms with Crippen molar-refractivity contribution in [1.82, 2.24) is 4.98 Å². The van der Waals surface area contributed by atoms with Crippen molar-refractivity contribution in [1.29, 1.82) is 0 Å². The molecule has 0 aliphatic rings. The van der Waals surface area contributed by atoms with E-state index < -0.39 is 0 Å². The summed E-state index contributed by atoms with van der Waals surface area (Å²) in [6.07, 6.45) is 2.29. The number of ether oxygens (including phenoxy) is 2. The van der Waals surface area contributed by atoms with Gasteiger partial charge in [0.05, 0.1) is 19.9 Å². The van der Waals surface area contributed by atoms with Gasteiger partial charge in [0.15, 0.2) is 0 Å². The average molecular weight is 248 g/mol. The molecule has 0 bridgehead atoms. The number of nitrogens with one attached hydrogen (secondary N) is 1. The molecule has 96 valence electrons. The zero-order chi connectivity index (χ0) is 13.0. The van der Waals surface area contributed by atoms with Crippen molar-refractivity contribution < 1.29 is 13.9 Å². The predicted octanol–water partition coefficient (Wildman–Crippen LogP) is 2.32. The molecule has 0 aliphatic carbocycles. The van der Waals surface area contributed by atoms with E-state index in [-0.39, 0.29) is 0 Å². The van der Waals surface area contributed by atoms with Gasteiger partial charge in [0, 0.05) is 25.1 Å². The molecule has 2 aromatic rings. The highest BCUT2D eigenvalue weighted by atomic mass is 16.5. The van der Waals surface area contributed by atoms with E-state index >= 15 is 0 Å². The van der Waals surface area contributed by atoms with Crippen LogP contribution < -0.4 is 14.8 Å². The van der Waals surface area contributed by atoms with Crippen LogP contribution in [0.15, 0.2) is 28.9 Å². The molecule has 18 heavy (non-hydrogen) atoms. The minimum atomic E-state index is 0.512. The highest BCUT2D eigenvalue weighted by molar-refractivity contribution is 5.42. The Balaban J connectivity index is 2.22. The molecule has 0 amide bonds. The third-order valence-corrected chi connectivity index (χ3v) is 2.63. The Hall–Kier alpha value is -2.17. The Morgan fingerprint density at radius 2 is 2.11 bits per heavy atom. The van der Waals surface area contributed by atoms with Gasteiger partial charge in [-0.2, -0.15) is 4.98 Å². The van der Waals surface area contributed by atoms with E-state index in [2.05, 4.69) is 10.3 Å².